The van der Waals surface area contributed by atoms with E-state index in [1.54, 1.807) is 13.3 Å². The number of anilines is 1. The van der Waals surface area contributed by atoms with E-state index in [1.165, 1.54) is 24.9 Å². The first-order valence-electron chi connectivity index (χ1n) is 11.0. The number of aromatic amines is 2. The Morgan fingerprint density at radius 3 is 2.72 bits per heavy atom. The van der Waals surface area contributed by atoms with E-state index in [4.69, 9.17) is 4.74 Å². The summed E-state index contributed by atoms with van der Waals surface area (Å²) >= 11 is 0. The molecule has 5 aromatic rings. The highest BCUT2D eigenvalue weighted by Crippen LogP contribution is 2.35. The lowest BCUT2D eigenvalue weighted by atomic mass is 10.0. The minimum absolute atomic E-state index is 0.738. The number of benzene rings is 1. The average molecular weight is 425 g/mol. The molecule has 0 amide bonds. The van der Waals surface area contributed by atoms with Gasteiger partial charge in [0.2, 0.25) is 0 Å². The molecule has 0 atom stereocenters. The SMILES string of the molecule is COc1cncc(-c2ccc3[nH]nc(-c4cc5c(N6CCCCC6)ccnc5[nH]4)c3c2)c1. The Morgan fingerprint density at radius 2 is 1.84 bits per heavy atom. The Labute approximate surface area is 185 Å². The average Bonchev–Trinajstić information content (AvgIpc) is 3.48. The zero-order valence-corrected chi connectivity index (χ0v) is 17.9. The van der Waals surface area contributed by atoms with Crippen LogP contribution in [0.5, 0.6) is 5.75 Å². The number of nitrogens with zero attached hydrogens (tertiary/aromatic N) is 4. The van der Waals surface area contributed by atoms with Gasteiger partial charge in [0.05, 0.1) is 24.5 Å². The fourth-order valence-electron chi connectivity index (χ4n) is 4.64. The lowest BCUT2D eigenvalue weighted by molar-refractivity contribution is 0.413. The van der Waals surface area contributed by atoms with E-state index in [9.17, 15) is 0 Å². The number of piperidine rings is 1. The molecule has 32 heavy (non-hydrogen) atoms. The van der Waals surface area contributed by atoms with Gasteiger partial charge in [-0.25, -0.2) is 4.98 Å². The highest BCUT2D eigenvalue weighted by molar-refractivity contribution is 5.99. The number of aromatic nitrogens is 5. The Balaban J connectivity index is 1.45. The first-order chi connectivity index (χ1) is 15.8. The standard InChI is InChI=1S/C25H24N6O/c1-32-18-11-17(14-26-15-18)16-5-6-21-19(12-16)24(30-29-21)22-13-20-23(7-8-27-25(20)28-22)31-9-3-2-4-10-31/h5-8,11-15H,2-4,9-10H2,1H3,(H,27,28)(H,29,30). The van der Waals surface area contributed by atoms with Crippen LogP contribution in [-0.2, 0) is 0 Å². The van der Waals surface area contributed by atoms with Crippen molar-refractivity contribution in [1.29, 1.82) is 0 Å². The second-order valence-corrected chi connectivity index (χ2v) is 8.27. The van der Waals surface area contributed by atoms with E-state index in [1.807, 2.05) is 18.5 Å². The van der Waals surface area contributed by atoms with Crippen molar-refractivity contribution in [3.8, 4) is 28.3 Å². The Bertz CT molecular complexity index is 1410. The van der Waals surface area contributed by atoms with E-state index in [-0.39, 0.29) is 0 Å². The molecule has 2 N–H and O–H groups in total. The maximum Gasteiger partial charge on any atom is 0.139 e. The summed E-state index contributed by atoms with van der Waals surface area (Å²) in [4.78, 5) is 14.9. The number of rotatable bonds is 4. The first kappa shape index (κ1) is 18.9. The molecule has 0 spiro atoms. The fourth-order valence-corrected chi connectivity index (χ4v) is 4.64. The van der Waals surface area contributed by atoms with Crippen molar-refractivity contribution in [2.24, 2.45) is 0 Å². The van der Waals surface area contributed by atoms with Gasteiger partial charge in [-0.1, -0.05) is 6.07 Å². The molecular weight excluding hydrogens is 400 g/mol. The summed E-state index contributed by atoms with van der Waals surface area (Å²) in [5.41, 5.74) is 7.05. The van der Waals surface area contributed by atoms with Gasteiger partial charge in [0.1, 0.15) is 17.1 Å². The Hall–Kier alpha value is -3.87. The number of pyridine rings is 2. The summed E-state index contributed by atoms with van der Waals surface area (Å²) in [5, 5.41) is 10.0. The molecule has 7 heteroatoms. The van der Waals surface area contributed by atoms with E-state index >= 15 is 0 Å². The molecular formula is C25H24N6O. The second kappa shape index (κ2) is 7.67. The number of hydrogen-bond acceptors (Lipinski definition) is 5. The van der Waals surface area contributed by atoms with Crippen LogP contribution in [0.1, 0.15) is 19.3 Å². The summed E-state index contributed by atoms with van der Waals surface area (Å²) in [6.45, 7) is 2.20. The number of ether oxygens (including phenoxy) is 1. The largest absolute Gasteiger partial charge is 0.495 e. The molecule has 0 saturated carbocycles. The van der Waals surface area contributed by atoms with Gasteiger partial charge in [0, 0.05) is 47.5 Å². The van der Waals surface area contributed by atoms with Gasteiger partial charge in [-0.05, 0) is 55.2 Å². The van der Waals surface area contributed by atoms with Crippen molar-refractivity contribution in [1.82, 2.24) is 25.1 Å². The molecule has 1 fully saturated rings. The lowest BCUT2D eigenvalue weighted by Crippen LogP contribution is -2.29. The molecule has 4 aromatic heterocycles. The van der Waals surface area contributed by atoms with Crippen LogP contribution in [0, 0.1) is 0 Å². The highest BCUT2D eigenvalue weighted by Gasteiger charge is 2.18. The first-order valence-corrected chi connectivity index (χ1v) is 11.0. The third kappa shape index (κ3) is 3.17. The van der Waals surface area contributed by atoms with Crippen molar-refractivity contribution < 1.29 is 4.74 Å². The monoisotopic (exact) mass is 424 g/mol. The molecule has 160 valence electrons. The van der Waals surface area contributed by atoms with Gasteiger partial charge >= 0.3 is 0 Å². The van der Waals surface area contributed by atoms with Crippen LogP contribution in [0.3, 0.4) is 0 Å². The molecule has 1 aromatic carbocycles. The quantitative estimate of drug-likeness (QED) is 0.416. The van der Waals surface area contributed by atoms with Crippen LogP contribution in [0.15, 0.2) is 55.0 Å². The summed E-state index contributed by atoms with van der Waals surface area (Å²) in [5.74, 6) is 0.738. The van der Waals surface area contributed by atoms with E-state index in [0.717, 1.165) is 63.3 Å². The molecule has 1 saturated heterocycles. The molecule has 7 nitrogen and oxygen atoms in total. The van der Waals surface area contributed by atoms with Gasteiger partial charge < -0.3 is 14.6 Å². The van der Waals surface area contributed by atoms with Crippen molar-refractivity contribution in [2.45, 2.75) is 19.3 Å². The van der Waals surface area contributed by atoms with Crippen LogP contribution < -0.4 is 9.64 Å². The van der Waals surface area contributed by atoms with Crippen LogP contribution in [0.2, 0.25) is 0 Å². The van der Waals surface area contributed by atoms with E-state index in [2.05, 4.69) is 60.4 Å². The third-order valence-corrected chi connectivity index (χ3v) is 6.31. The molecule has 0 radical (unpaired) electrons. The van der Waals surface area contributed by atoms with E-state index in [0.29, 0.717) is 0 Å². The van der Waals surface area contributed by atoms with Crippen LogP contribution in [0.4, 0.5) is 5.69 Å². The minimum atomic E-state index is 0.738. The predicted molar refractivity (Wildman–Crippen MR) is 127 cm³/mol. The summed E-state index contributed by atoms with van der Waals surface area (Å²) in [6.07, 6.45) is 9.25. The molecule has 6 rings (SSSR count). The zero-order chi connectivity index (χ0) is 21.5. The molecule has 1 aliphatic heterocycles. The van der Waals surface area contributed by atoms with Crippen LogP contribution in [-0.4, -0.2) is 45.3 Å². The third-order valence-electron chi connectivity index (χ3n) is 6.31. The molecule has 5 heterocycles. The van der Waals surface area contributed by atoms with Gasteiger partial charge in [0.25, 0.3) is 0 Å². The smallest absolute Gasteiger partial charge is 0.139 e. The van der Waals surface area contributed by atoms with Crippen LogP contribution in [0.25, 0.3) is 44.5 Å². The Morgan fingerprint density at radius 1 is 0.938 bits per heavy atom. The van der Waals surface area contributed by atoms with Crippen molar-refractivity contribution >= 4 is 27.6 Å². The molecule has 0 aliphatic carbocycles. The lowest BCUT2D eigenvalue weighted by Gasteiger charge is -2.29. The second-order valence-electron chi connectivity index (χ2n) is 8.27. The highest BCUT2D eigenvalue weighted by atomic mass is 16.5. The fraction of sp³-hybridized carbons (Fsp3) is 0.240. The molecule has 0 unspecified atom stereocenters. The number of fused-ring (bicyclic) bond motifs is 2. The predicted octanol–water partition coefficient (Wildman–Crippen LogP) is 5.17. The van der Waals surface area contributed by atoms with Crippen molar-refractivity contribution in [3.63, 3.8) is 0 Å². The van der Waals surface area contributed by atoms with Gasteiger partial charge in [-0.2, -0.15) is 5.10 Å². The maximum atomic E-state index is 5.34. The number of nitrogens with one attached hydrogen (secondary N) is 2. The van der Waals surface area contributed by atoms with Crippen molar-refractivity contribution in [3.05, 3.63) is 55.0 Å². The topological polar surface area (TPSA) is 82.7 Å². The molecule has 0 bridgehead atoms. The van der Waals surface area contributed by atoms with Crippen LogP contribution >= 0.6 is 0 Å². The normalized spacial score (nSPS) is 14.3. The van der Waals surface area contributed by atoms with E-state index < -0.39 is 0 Å². The summed E-state index contributed by atoms with van der Waals surface area (Å²) < 4.78 is 5.34. The zero-order valence-electron chi connectivity index (χ0n) is 17.9. The summed E-state index contributed by atoms with van der Waals surface area (Å²) in [6, 6.07) is 12.6. The number of H-pyrrole nitrogens is 2. The number of hydrogen-bond donors (Lipinski definition) is 2. The minimum Gasteiger partial charge on any atom is -0.495 e. The Kier molecular flexibility index (Phi) is 4.52. The van der Waals surface area contributed by atoms with Crippen molar-refractivity contribution in [2.75, 3.05) is 25.1 Å². The van der Waals surface area contributed by atoms with Gasteiger partial charge in [-0.3, -0.25) is 10.1 Å². The maximum absolute atomic E-state index is 5.34. The summed E-state index contributed by atoms with van der Waals surface area (Å²) in [7, 11) is 1.65. The van der Waals surface area contributed by atoms with Gasteiger partial charge in [0.15, 0.2) is 0 Å². The van der Waals surface area contributed by atoms with Gasteiger partial charge in [-0.15, -0.1) is 0 Å². The number of methoxy groups -OCH3 is 1. The molecule has 1 aliphatic rings.